The SMILES string of the molecule is C=C.NCCCCCN. The second-order valence-electron chi connectivity index (χ2n) is 1.64. The van der Waals surface area contributed by atoms with Crippen molar-refractivity contribution >= 4 is 0 Å². The zero-order valence-corrected chi connectivity index (χ0v) is 6.10. The van der Waals surface area contributed by atoms with Gasteiger partial charge in [0.1, 0.15) is 0 Å². The minimum absolute atomic E-state index is 0.806. The quantitative estimate of drug-likeness (QED) is 0.438. The maximum Gasteiger partial charge on any atom is -0.00773 e. The van der Waals surface area contributed by atoms with Crippen LogP contribution in [0.4, 0.5) is 0 Å². The van der Waals surface area contributed by atoms with Crippen molar-refractivity contribution in [3.05, 3.63) is 13.2 Å². The smallest absolute Gasteiger partial charge is 0.00773 e. The molecule has 4 N–H and O–H groups in total. The lowest BCUT2D eigenvalue weighted by atomic mass is 10.2. The van der Waals surface area contributed by atoms with E-state index < -0.39 is 0 Å². The third kappa shape index (κ3) is 18.3. The van der Waals surface area contributed by atoms with Crippen LogP contribution in [0.1, 0.15) is 19.3 Å². The van der Waals surface area contributed by atoms with Crippen molar-refractivity contribution < 1.29 is 0 Å². The molecule has 0 saturated carbocycles. The molecule has 0 radical (unpaired) electrons. The van der Waals surface area contributed by atoms with Crippen molar-refractivity contribution in [2.45, 2.75) is 19.3 Å². The van der Waals surface area contributed by atoms with Gasteiger partial charge in [0.05, 0.1) is 0 Å². The summed E-state index contributed by atoms with van der Waals surface area (Å²) in [7, 11) is 0. The summed E-state index contributed by atoms with van der Waals surface area (Å²) in [6.45, 7) is 7.61. The zero-order chi connectivity index (χ0) is 7.54. The van der Waals surface area contributed by atoms with E-state index in [1.54, 1.807) is 0 Å². The van der Waals surface area contributed by atoms with Crippen molar-refractivity contribution in [1.29, 1.82) is 0 Å². The summed E-state index contributed by atoms with van der Waals surface area (Å²) in [5.74, 6) is 0. The average Bonchev–Trinajstić information content (AvgIpc) is 1.94. The normalized spacial score (nSPS) is 7.78. The average molecular weight is 130 g/mol. The standard InChI is InChI=1S/C5H14N2.C2H4/c6-4-2-1-3-5-7;1-2/h1-7H2;1-2H2. The molecule has 0 aromatic heterocycles. The topological polar surface area (TPSA) is 52.0 Å². The van der Waals surface area contributed by atoms with E-state index in [0.29, 0.717) is 0 Å². The summed E-state index contributed by atoms with van der Waals surface area (Å²) >= 11 is 0. The molecule has 0 unspecified atom stereocenters. The van der Waals surface area contributed by atoms with Gasteiger partial charge < -0.3 is 11.5 Å². The van der Waals surface area contributed by atoms with Crippen molar-refractivity contribution in [3.63, 3.8) is 0 Å². The molecule has 9 heavy (non-hydrogen) atoms. The van der Waals surface area contributed by atoms with E-state index in [2.05, 4.69) is 13.2 Å². The molecule has 0 amide bonds. The number of unbranched alkanes of at least 4 members (excludes halogenated alkanes) is 2. The second kappa shape index (κ2) is 15.6. The zero-order valence-electron chi connectivity index (χ0n) is 6.10. The molecule has 0 aromatic rings. The van der Waals surface area contributed by atoms with Gasteiger partial charge in [0.25, 0.3) is 0 Å². The van der Waals surface area contributed by atoms with Crippen LogP contribution in [0.15, 0.2) is 13.2 Å². The highest BCUT2D eigenvalue weighted by Gasteiger charge is 1.80. The second-order valence-corrected chi connectivity index (χ2v) is 1.64. The van der Waals surface area contributed by atoms with Gasteiger partial charge in [0.15, 0.2) is 0 Å². The Balaban J connectivity index is 0. The first-order valence-corrected chi connectivity index (χ1v) is 3.32. The van der Waals surface area contributed by atoms with Gasteiger partial charge in [-0.15, -0.1) is 13.2 Å². The molecule has 0 aliphatic heterocycles. The molecular formula is C7H18N2. The highest BCUT2D eigenvalue weighted by molar-refractivity contribution is 4.41. The van der Waals surface area contributed by atoms with Gasteiger partial charge in [0, 0.05) is 0 Å². The molecule has 0 spiro atoms. The Morgan fingerprint density at radius 1 is 0.778 bits per heavy atom. The molecule has 2 nitrogen and oxygen atoms in total. The summed E-state index contributed by atoms with van der Waals surface area (Å²) in [4.78, 5) is 0. The van der Waals surface area contributed by atoms with E-state index in [0.717, 1.165) is 25.9 Å². The number of nitrogens with two attached hydrogens (primary N) is 2. The third-order valence-electron chi connectivity index (χ3n) is 0.908. The third-order valence-corrected chi connectivity index (χ3v) is 0.908. The van der Waals surface area contributed by atoms with Gasteiger partial charge >= 0.3 is 0 Å². The first-order chi connectivity index (χ1) is 4.41. The Morgan fingerprint density at radius 3 is 1.33 bits per heavy atom. The van der Waals surface area contributed by atoms with Gasteiger partial charge in [-0.05, 0) is 25.9 Å². The monoisotopic (exact) mass is 130 g/mol. The predicted octanol–water partition coefficient (Wildman–Crippen LogP) is 0.876. The van der Waals surface area contributed by atoms with E-state index in [9.17, 15) is 0 Å². The van der Waals surface area contributed by atoms with Crippen LogP contribution in [0.25, 0.3) is 0 Å². The van der Waals surface area contributed by atoms with Crippen LogP contribution in [0.3, 0.4) is 0 Å². The van der Waals surface area contributed by atoms with Crippen LogP contribution in [0, 0.1) is 0 Å². The van der Waals surface area contributed by atoms with Crippen molar-refractivity contribution in [3.8, 4) is 0 Å². The molecule has 0 heterocycles. The molecule has 0 rings (SSSR count). The molecule has 0 fully saturated rings. The van der Waals surface area contributed by atoms with E-state index in [-0.39, 0.29) is 0 Å². The van der Waals surface area contributed by atoms with E-state index in [1.807, 2.05) is 0 Å². The van der Waals surface area contributed by atoms with Gasteiger partial charge in [-0.2, -0.15) is 0 Å². The number of rotatable bonds is 4. The van der Waals surface area contributed by atoms with Crippen LogP contribution < -0.4 is 11.5 Å². The van der Waals surface area contributed by atoms with Crippen LogP contribution in [-0.4, -0.2) is 13.1 Å². The van der Waals surface area contributed by atoms with Crippen LogP contribution in [0.5, 0.6) is 0 Å². The van der Waals surface area contributed by atoms with E-state index in [4.69, 9.17) is 11.5 Å². The van der Waals surface area contributed by atoms with Crippen LogP contribution >= 0.6 is 0 Å². The molecule has 0 atom stereocenters. The number of hydrogen-bond donors (Lipinski definition) is 2. The van der Waals surface area contributed by atoms with Crippen LogP contribution in [0.2, 0.25) is 0 Å². The fourth-order valence-electron chi connectivity index (χ4n) is 0.465. The van der Waals surface area contributed by atoms with Gasteiger partial charge in [-0.3, -0.25) is 0 Å². The molecular weight excluding hydrogens is 112 g/mol. The van der Waals surface area contributed by atoms with Gasteiger partial charge in [-0.25, -0.2) is 0 Å². The Hall–Kier alpha value is -0.340. The summed E-state index contributed by atoms with van der Waals surface area (Å²) < 4.78 is 0. The van der Waals surface area contributed by atoms with Gasteiger partial charge in [-0.1, -0.05) is 6.42 Å². The fourth-order valence-corrected chi connectivity index (χ4v) is 0.465. The number of hydrogen-bond acceptors (Lipinski definition) is 2. The molecule has 2 heteroatoms. The Labute approximate surface area is 57.9 Å². The lowest BCUT2D eigenvalue weighted by molar-refractivity contribution is 0.695. The minimum Gasteiger partial charge on any atom is -0.330 e. The summed E-state index contributed by atoms with van der Waals surface area (Å²) in [5.41, 5.74) is 10.5. The molecule has 56 valence electrons. The molecule has 0 aromatic carbocycles. The summed E-state index contributed by atoms with van der Waals surface area (Å²) in [6, 6.07) is 0. The Bertz CT molecular complexity index is 33.9. The van der Waals surface area contributed by atoms with Gasteiger partial charge in [0.2, 0.25) is 0 Å². The molecule has 0 saturated heterocycles. The first-order valence-electron chi connectivity index (χ1n) is 3.32. The molecule has 0 aliphatic rings. The molecule has 0 bridgehead atoms. The van der Waals surface area contributed by atoms with Crippen LogP contribution in [-0.2, 0) is 0 Å². The van der Waals surface area contributed by atoms with E-state index in [1.165, 1.54) is 6.42 Å². The maximum absolute atomic E-state index is 5.23. The Morgan fingerprint density at radius 2 is 1.11 bits per heavy atom. The van der Waals surface area contributed by atoms with Crippen molar-refractivity contribution in [1.82, 2.24) is 0 Å². The maximum atomic E-state index is 5.23. The molecule has 0 aliphatic carbocycles. The van der Waals surface area contributed by atoms with Crippen molar-refractivity contribution in [2.24, 2.45) is 11.5 Å². The first kappa shape index (κ1) is 11.5. The summed E-state index contributed by atoms with van der Waals surface area (Å²) in [5, 5.41) is 0. The van der Waals surface area contributed by atoms with E-state index >= 15 is 0 Å². The fraction of sp³-hybridized carbons (Fsp3) is 0.714. The Kier molecular flexibility index (Phi) is 19.9. The largest absolute Gasteiger partial charge is 0.330 e. The predicted molar refractivity (Wildman–Crippen MR) is 43.2 cm³/mol. The highest BCUT2D eigenvalue weighted by Crippen LogP contribution is 1.88. The summed E-state index contributed by atoms with van der Waals surface area (Å²) in [6.07, 6.45) is 3.43. The van der Waals surface area contributed by atoms with Crippen molar-refractivity contribution in [2.75, 3.05) is 13.1 Å². The minimum atomic E-state index is 0.806. The lowest BCUT2D eigenvalue weighted by Gasteiger charge is -1.91. The highest BCUT2D eigenvalue weighted by atomic mass is 14.5. The lowest BCUT2D eigenvalue weighted by Crippen LogP contribution is -2.02.